The first-order chi connectivity index (χ1) is 7.59. The first-order valence-electron chi connectivity index (χ1n) is 4.71. The van der Waals surface area contributed by atoms with Gasteiger partial charge in [0.05, 0.1) is 0 Å². The molecule has 0 unspecified atom stereocenters. The van der Waals surface area contributed by atoms with Crippen LogP contribution in [-0.2, 0) is 4.79 Å². The molecule has 0 spiro atoms. The summed E-state index contributed by atoms with van der Waals surface area (Å²) in [5, 5.41) is 5.59. The Labute approximate surface area is 98.7 Å². The van der Waals surface area contributed by atoms with Crippen molar-refractivity contribution >= 4 is 29.1 Å². The maximum atomic E-state index is 10.6. The highest BCUT2D eigenvalue weighted by Gasteiger charge is 2.00. The molecule has 86 valence electrons. The number of hydrogen-bond donors (Lipinski definition) is 3. The Balaban J connectivity index is 2.45. The lowest BCUT2D eigenvalue weighted by molar-refractivity contribution is -0.118. The van der Waals surface area contributed by atoms with Gasteiger partial charge < -0.3 is 16.4 Å². The summed E-state index contributed by atoms with van der Waals surface area (Å²) < 4.78 is 0. The summed E-state index contributed by atoms with van der Waals surface area (Å²) in [4.78, 5) is 18.9. The van der Waals surface area contributed by atoms with Gasteiger partial charge in [-0.3, -0.25) is 4.79 Å². The minimum absolute atomic E-state index is 0.0698. The van der Waals surface area contributed by atoms with E-state index < -0.39 is 0 Å². The molecule has 0 aromatic carbocycles. The van der Waals surface area contributed by atoms with Crippen LogP contribution in [0.25, 0.3) is 0 Å². The minimum atomic E-state index is -0.0698. The summed E-state index contributed by atoms with van der Waals surface area (Å²) in [6, 6.07) is 1.64. The first kappa shape index (κ1) is 12.3. The fourth-order valence-corrected chi connectivity index (χ4v) is 1.11. The van der Waals surface area contributed by atoms with E-state index in [2.05, 4.69) is 20.6 Å². The SMILES string of the molecule is CC(=O)NCCNc1nccc(C(N)=S)n1. The van der Waals surface area contributed by atoms with Crippen LogP contribution in [0.5, 0.6) is 0 Å². The molecule has 0 fully saturated rings. The van der Waals surface area contributed by atoms with Gasteiger partial charge in [-0.05, 0) is 6.07 Å². The van der Waals surface area contributed by atoms with E-state index in [1.165, 1.54) is 6.92 Å². The van der Waals surface area contributed by atoms with Gasteiger partial charge in [0.1, 0.15) is 10.7 Å². The zero-order valence-electron chi connectivity index (χ0n) is 8.86. The van der Waals surface area contributed by atoms with Crippen LogP contribution in [0.3, 0.4) is 0 Å². The molecule has 0 radical (unpaired) electrons. The second-order valence-corrected chi connectivity index (χ2v) is 3.48. The number of rotatable bonds is 5. The van der Waals surface area contributed by atoms with Crippen molar-refractivity contribution in [3.63, 3.8) is 0 Å². The molecule has 0 aliphatic heterocycles. The number of aromatic nitrogens is 2. The molecule has 0 saturated heterocycles. The third-order valence-corrected chi connectivity index (χ3v) is 1.90. The van der Waals surface area contributed by atoms with Crippen molar-refractivity contribution in [1.29, 1.82) is 0 Å². The number of nitrogens with two attached hydrogens (primary N) is 1. The van der Waals surface area contributed by atoms with Gasteiger partial charge in [0, 0.05) is 26.2 Å². The Bertz CT molecular complexity index is 395. The summed E-state index contributed by atoms with van der Waals surface area (Å²) in [7, 11) is 0. The number of carbonyl (C=O) groups is 1. The van der Waals surface area contributed by atoms with Crippen molar-refractivity contribution in [2.75, 3.05) is 18.4 Å². The Kier molecular flexibility index (Phi) is 4.59. The third-order valence-electron chi connectivity index (χ3n) is 1.69. The van der Waals surface area contributed by atoms with Gasteiger partial charge in [0.15, 0.2) is 0 Å². The Morgan fingerprint density at radius 1 is 1.56 bits per heavy atom. The van der Waals surface area contributed by atoms with Crippen LogP contribution in [0.15, 0.2) is 12.3 Å². The summed E-state index contributed by atoms with van der Waals surface area (Å²) in [6.45, 7) is 2.51. The lowest BCUT2D eigenvalue weighted by Gasteiger charge is -2.05. The van der Waals surface area contributed by atoms with E-state index in [1.807, 2.05) is 0 Å². The highest BCUT2D eigenvalue weighted by molar-refractivity contribution is 7.80. The standard InChI is InChI=1S/C9H13N5OS/c1-6(15)11-4-5-13-9-12-3-2-7(14-9)8(10)16/h2-3H,4-5H2,1H3,(H2,10,16)(H,11,15)(H,12,13,14). The van der Waals surface area contributed by atoms with E-state index in [-0.39, 0.29) is 10.9 Å². The number of carbonyl (C=O) groups excluding carboxylic acids is 1. The number of anilines is 1. The Morgan fingerprint density at radius 3 is 2.94 bits per heavy atom. The Hall–Kier alpha value is -1.76. The number of nitrogens with zero attached hydrogens (tertiary/aromatic N) is 2. The second-order valence-electron chi connectivity index (χ2n) is 3.04. The summed E-state index contributed by atoms with van der Waals surface area (Å²) in [6.07, 6.45) is 1.57. The van der Waals surface area contributed by atoms with E-state index >= 15 is 0 Å². The molecular weight excluding hydrogens is 226 g/mol. The molecule has 0 aliphatic carbocycles. The van der Waals surface area contributed by atoms with Gasteiger partial charge in [0.25, 0.3) is 0 Å². The fraction of sp³-hybridized carbons (Fsp3) is 0.333. The summed E-state index contributed by atoms with van der Waals surface area (Å²) in [5.41, 5.74) is 5.95. The van der Waals surface area contributed by atoms with Crippen molar-refractivity contribution in [2.45, 2.75) is 6.92 Å². The molecule has 1 amide bonds. The molecule has 1 aromatic rings. The summed E-state index contributed by atoms with van der Waals surface area (Å²) in [5.74, 6) is 0.371. The smallest absolute Gasteiger partial charge is 0.223 e. The molecule has 0 aliphatic rings. The normalized spacial score (nSPS) is 9.56. The molecule has 7 heteroatoms. The molecule has 4 N–H and O–H groups in total. The van der Waals surface area contributed by atoms with Gasteiger partial charge in [-0.1, -0.05) is 12.2 Å². The molecule has 1 aromatic heterocycles. The van der Waals surface area contributed by atoms with Crippen LogP contribution >= 0.6 is 12.2 Å². The summed E-state index contributed by atoms with van der Waals surface area (Å²) >= 11 is 4.79. The average Bonchev–Trinajstić information content (AvgIpc) is 2.24. The average molecular weight is 239 g/mol. The van der Waals surface area contributed by atoms with Gasteiger partial charge in [-0.25, -0.2) is 9.97 Å². The van der Waals surface area contributed by atoms with Crippen molar-refractivity contribution in [1.82, 2.24) is 15.3 Å². The van der Waals surface area contributed by atoms with E-state index in [0.29, 0.717) is 24.7 Å². The van der Waals surface area contributed by atoms with Crippen LogP contribution in [0.2, 0.25) is 0 Å². The lowest BCUT2D eigenvalue weighted by atomic mass is 10.4. The van der Waals surface area contributed by atoms with Gasteiger partial charge in [0.2, 0.25) is 11.9 Å². The maximum absolute atomic E-state index is 10.6. The van der Waals surface area contributed by atoms with Crippen molar-refractivity contribution in [3.8, 4) is 0 Å². The Morgan fingerprint density at radius 2 is 2.31 bits per heavy atom. The molecule has 1 rings (SSSR count). The number of hydrogen-bond acceptors (Lipinski definition) is 5. The van der Waals surface area contributed by atoms with Crippen molar-refractivity contribution < 1.29 is 4.79 Å². The highest BCUT2D eigenvalue weighted by Crippen LogP contribution is 1.99. The molecule has 0 saturated carbocycles. The van der Waals surface area contributed by atoms with Gasteiger partial charge >= 0.3 is 0 Å². The zero-order chi connectivity index (χ0) is 12.0. The molecular formula is C9H13N5OS. The van der Waals surface area contributed by atoms with Crippen LogP contribution < -0.4 is 16.4 Å². The molecule has 6 nitrogen and oxygen atoms in total. The lowest BCUT2D eigenvalue weighted by Crippen LogP contribution is -2.26. The molecule has 0 atom stereocenters. The first-order valence-corrected chi connectivity index (χ1v) is 5.11. The topological polar surface area (TPSA) is 92.9 Å². The molecule has 0 bridgehead atoms. The van der Waals surface area contributed by atoms with Crippen LogP contribution in [-0.4, -0.2) is 34.0 Å². The molecule has 16 heavy (non-hydrogen) atoms. The van der Waals surface area contributed by atoms with Crippen molar-refractivity contribution in [2.24, 2.45) is 5.73 Å². The van der Waals surface area contributed by atoms with E-state index in [0.717, 1.165) is 0 Å². The van der Waals surface area contributed by atoms with Gasteiger partial charge in [-0.2, -0.15) is 0 Å². The largest absolute Gasteiger partial charge is 0.388 e. The highest BCUT2D eigenvalue weighted by atomic mass is 32.1. The van der Waals surface area contributed by atoms with E-state index in [4.69, 9.17) is 18.0 Å². The van der Waals surface area contributed by atoms with Crippen LogP contribution in [0, 0.1) is 0 Å². The van der Waals surface area contributed by atoms with E-state index in [1.54, 1.807) is 12.3 Å². The monoisotopic (exact) mass is 239 g/mol. The predicted octanol–water partition coefficient (Wildman–Crippen LogP) is -0.341. The van der Waals surface area contributed by atoms with Crippen molar-refractivity contribution in [3.05, 3.63) is 18.0 Å². The number of thiocarbonyl (C=S) groups is 1. The number of amides is 1. The second kappa shape index (κ2) is 5.96. The minimum Gasteiger partial charge on any atom is -0.388 e. The fourth-order valence-electron chi connectivity index (χ4n) is 0.994. The third kappa shape index (κ3) is 4.18. The molecule has 1 heterocycles. The number of nitrogens with one attached hydrogen (secondary N) is 2. The van der Waals surface area contributed by atoms with E-state index in [9.17, 15) is 4.79 Å². The zero-order valence-corrected chi connectivity index (χ0v) is 9.67. The van der Waals surface area contributed by atoms with Crippen LogP contribution in [0.1, 0.15) is 12.6 Å². The maximum Gasteiger partial charge on any atom is 0.223 e. The predicted molar refractivity (Wildman–Crippen MR) is 65.1 cm³/mol. The van der Waals surface area contributed by atoms with Gasteiger partial charge in [-0.15, -0.1) is 0 Å². The van der Waals surface area contributed by atoms with Crippen LogP contribution in [0.4, 0.5) is 5.95 Å². The quantitative estimate of drug-likeness (QED) is 0.481.